The summed E-state index contributed by atoms with van der Waals surface area (Å²) in [7, 11) is 1.53. The molecule has 8 heteroatoms. The number of thiazole rings is 1. The number of carbonyl (C=O) groups excluding carboxylic acids is 1. The van der Waals surface area contributed by atoms with Crippen molar-refractivity contribution in [1.29, 1.82) is 0 Å². The van der Waals surface area contributed by atoms with Crippen molar-refractivity contribution in [2.75, 3.05) is 17.7 Å². The van der Waals surface area contributed by atoms with Crippen LogP contribution in [0.5, 0.6) is 5.75 Å². The smallest absolute Gasteiger partial charge is 0.230 e. The SMILES string of the molecule is COc1ccc(NC(=O)Cc2csc(Nc3ccc(F)cc3)n2)cc1Cl. The normalized spacial score (nSPS) is 10.4. The van der Waals surface area contributed by atoms with E-state index in [0.29, 0.717) is 27.3 Å². The van der Waals surface area contributed by atoms with Gasteiger partial charge < -0.3 is 15.4 Å². The Labute approximate surface area is 158 Å². The number of halogens is 2. The summed E-state index contributed by atoms with van der Waals surface area (Å²) in [6.45, 7) is 0. The minimum Gasteiger partial charge on any atom is -0.495 e. The lowest BCUT2D eigenvalue weighted by atomic mass is 10.2. The van der Waals surface area contributed by atoms with Crippen molar-refractivity contribution in [3.8, 4) is 5.75 Å². The van der Waals surface area contributed by atoms with Crippen LogP contribution >= 0.6 is 22.9 Å². The summed E-state index contributed by atoms with van der Waals surface area (Å²) in [4.78, 5) is 16.5. The Balaban J connectivity index is 1.59. The molecule has 0 fully saturated rings. The number of hydrogen-bond donors (Lipinski definition) is 2. The Morgan fingerprint density at radius 1 is 1.23 bits per heavy atom. The van der Waals surface area contributed by atoms with Gasteiger partial charge in [0.05, 0.1) is 24.2 Å². The van der Waals surface area contributed by atoms with E-state index in [9.17, 15) is 9.18 Å². The van der Waals surface area contributed by atoms with E-state index in [-0.39, 0.29) is 18.1 Å². The maximum absolute atomic E-state index is 12.9. The van der Waals surface area contributed by atoms with Crippen LogP contribution in [0.4, 0.5) is 20.9 Å². The van der Waals surface area contributed by atoms with Crippen LogP contribution < -0.4 is 15.4 Å². The molecule has 2 N–H and O–H groups in total. The van der Waals surface area contributed by atoms with Crippen molar-refractivity contribution in [3.05, 3.63) is 64.4 Å². The molecule has 0 saturated heterocycles. The lowest BCUT2D eigenvalue weighted by Crippen LogP contribution is -2.14. The lowest BCUT2D eigenvalue weighted by molar-refractivity contribution is -0.115. The average Bonchev–Trinajstić information content (AvgIpc) is 3.04. The number of anilines is 3. The molecule has 3 aromatic rings. The highest BCUT2D eigenvalue weighted by Crippen LogP contribution is 2.27. The van der Waals surface area contributed by atoms with Gasteiger partial charge in [-0.15, -0.1) is 11.3 Å². The maximum atomic E-state index is 12.9. The minimum atomic E-state index is -0.300. The van der Waals surface area contributed by atoms with E-state index in [4.69, 9.17) is 16.3 Å². The average molecular weight is 392 g/mol. The summed E-state index contributed by atoms with van der Waals surface area (Å²) in [5, 5.41) is 8.69. The fourth-order valence-corrected chi connectivity index (χ4v) is 3.20. The first-order chi connectivity index (χ1) is 12.5. The predicted octanol–water partition coefficient (Wildman–Crippen LogP) is 4.87. The number of ether oxygens (including phenoxy) is 1. The van der Waals surface area contributed by atoms with Gasteiger partial charge >= 0.3 is 0 Å². The van der Waals surface area contributed by atoms with E-state index in [0.717, 1.165) is 5.69 Å². The van der Waals surface area contributed by atoms with Crippen LogP contribution in [0.25, 0.3) is 0 Å². The number of amides is 1. The second-order valence-corrected chi connectivity index (χ2v) is 6.62. The molecule has 2 aromatic carbocycles. The van der Waals surface area contributed by atoms with Crippen LogP contribution in [-0.2, 0) is 11.2 Å². The maximum Gasteiger partial charge on any atom is 0.230 e. The summed E-state index contributed by atoms with van der Waals surface area (Å²) in [5.74, 6) is 0.0382. The summed E-state index contributed by atoms with van der Waals surface area (Å²) in [6.07, 6.45) is 0.130. The van der Waals surface area contributed by atoms with Crippen LogP contribution in [0, 0.1) is 5.82 Å². The van der Waals surface area contributed by atoms with Gasteiger partial charge in [0.1, 0.15) is 11.6 Å². The summed E-state index contributed by atoms with van der Waals surface area (Å²) in [5.41, 5.74) is 1.95. The zero-order chi connectivity index (χ0) is 18.5. The number of nitrogens with zero attached hydrogens (tertiary/aromatic N) is 1. The fraction of sp³-hybridized carbons (Fsp3) is 0.111. The van der Waals surface area contributed by atoms with Gasteiger partial charge in [-0.05, 0) is 42.5 Å². The second kappa shape index (κ2) is 8.16. The minimum absolute atomic E-state index is 0.130. The quantitative estimate of drug-likeness (QED) is 0.629. The van der Waals surface area contributed by atoms with E-state index >= 15 is 0 Å². The number of hydrogen-bond acceptors (Lipinski definition) is 5. The van der Waals surface area contributed by atoms with Gasteiger partial charge in [0.25, 0.3) is 0 Å². The third kappa shape index (κ3) is 4.71. The molecule has 0 atom stereocenters. The summed E-state index contributed by atoms with van der Waals surface area (Å²) < 4.78 is 18.0. The van der Waals surface area contributed by atoms with E-state index in [2.05, 4.69) is 15.6 Å². The highest BCUT2D eigenvalue weighted by atomic mass is 35.5. The number of aromatic nitrogens is 1. The standard InChI is InChI=1S/C18H15ClFN3O2S/c1-25-16-7-6-13(8-15(16)19)21-17(24)9-14-10-26-18(23-14)22-12-4-2-11(20)3-5-12/h2-8,10H,9H2,1H3,(H,21,24)(H,22,23). The first-order valence-electron chi connectivity index (χ1n) is 7.64. The lowest BCUT2D eigenvalue weighted by Gasteiger charge is -2.07. The van der Waals surface area contributed by atoms with Crippen molar-refractivity contribution < 1.29 is 13.9 Å². The molecule has 5 nitrogen and oxygen atoms in total. The van der Waals surface area contributed by atoms with E-state index in [1.54, 1.807) is 35.7 Å². The monoisotopic (exact) mass is 391 g/mol. The molecule has 0 aliphatic heterocycles. The van der Waals surface area contributed by atoms with Gasteiger partial charge in [-0.2, -0.15) is 0 Å². The van der Waals surface area contributed by atoms with Crippen LogP contribution in [0.3, 0.4) is 0 Å². The molecule has 0 aliphatic carbocycles. The van der Waals surface area contributed by atoms with Gasteiger partial charge in [-0.25, -0.2) is 9.37 Å². The molecular formula is C18H15ClFN3O2S. The number of methoxy groups -OCH3 is 1. The largest absolute Gasteiger partial charge is 0.495 e. The van der Waals surface area contributed by atoms with Gasteiger partial charge in [-0.3, -0.25) is 4.79 Å². The zero-order valence-electron chi connectivity index (χ0n) is 13.8. The second-order valence-electron chi connectivity index (χ2n) is 5.35. The fourth-order valence-electron chi connectivity index (χ4n) is 2.22. The Morgan fingerprint density at radius 3 is 2.65 bits per heavy atom. The third-order valence-electron chi connectivity index (χ3n) is 3.42. The molecule has 1 heterocycles. The molecule has 0 bridgehead atoms. The highest BCUT2D eigenvalue weighted by Gasteiger charge is 2.10. The van der Waals surface area contributed by atoms with Crippen molar-refractivity contribution in [3.63, 3.8) is 0 Å². The summed E-state index contributed by atoms with van der Waals surface area (Å²) in [6, 6.07) is 11.0. The van der Waals surface area contributed by atoms with Crippen molar-refractivity contribution in [2.24, 2.45) is 0 Å². The Hall–Kier alpha value is -2.64. The van der Waals surface area contributed by atoms with Crippen LogP contribution in [-0.4, -0.2) is 18.0 Å². The Morgan fingerprint density at radius 2 is 1.96 bits per heavy atom. The van der Waals surface area contributed by atoms with Gasteiger partial charge in [0.15, 0.2) is 5.13 Å². The molecule has 0 radical (unpaired) electrons. The number of carbonyl (C=O) groups is 1. The van der Waals surface area contributed by atoms with E-state index in [1.165, 1.54) is 30.6 Å². The Bertz CT molecular complexity index is 915. The molecule has 1 aromatic heterocycles. The third-order valence-corrected chi connectivity index (χ3v) is 4.53. The number of nitrogens with one attached hydrogen (secondary N) is 2. The molecular weight excluding hydrogens is 377 g/mol. The predicted molar refractivity (Wildman–Crippen MR) is 102 cm³/mol. The molecule has 0 unspecified atom stereocenters. The molecule has 3 rings (SSSR count). The number of benzene rings is 2. The van der Waals surface area contributed by atoms with E-state index < -0.39 is 0 Å². The van der Waals surface area contributed by atoms with Crippen LogP contribution in [0.1, 0.15) is 5.69 Å². The van der Waals surface area contributed by atoms with Gasteiger partial charge in [0, 0.05) is 16.8 Å². The number of rotatable bonds is 6. The van der Waals surface area contributed by atoms with Crippen LogP contribution in [0.2, 0.25) is 5.02 Å². The molecule has 1 amide bonds. The molecule has 0 saturated carbocycles. The van der Waals surface area contributed by atoms with E-state index in [1.807, 2.05) is 0 Å². The molecule has 0 spiro atoms. The highest BCUT2D eigenvalue weighted by molar-refractivity contribution is 7.13. The van der Waals surface area contributed by atoms with Crippen molar-refractivity contribution in [2.45, 2.75) is 6.42 Å². The van der Waals surface area contributed by atoms with Crippen molar-refractivity contribution in [1.82, 2.24) is 4.98 Å². The first kappa shape index (κ1) is 18.2. The summed E-state index contributed by atoms with van der Waals surface area (Å²) >= 11 is 7.42. The van der Waals surface area contributed by atoms with Gasteiger partial charge in [-0.1, -0.05) is 11.6 Å². The molecule has 134 valence electrons. The van der Waals surface area contributed by atoms with Crippen LogP contribution in [0.15, 0.2) is 47.8 Å². The molecule has 0 aliphatic rings. The topological polar surface area (TPSA) is 63.2 Å². The zero-order valence-corrected chi connectivity index (χ0v) is 15.3. The van der Waals surface area contributed by atoms with Gasteiger partial charge in [0.2, 0.25) is 5.91 Å². The Kier molecular flexibility index (Phi) is 5.70. The van der Waals surface area contributed by atoms with Crippen molar-refractivity contribution >= 4 is 45.4 Å². The first-order valence-corrected chi connectivity index (χ1v) is 8.89. The molecule has 26 heavy (non-hydrogen) atoms.